The second-order valence-electron chi connectivity index (χ2n) is 10.3. The van der Waals surface area contributed by atoms with Gasteiger partial charge in [-0.2, -0.15) is 0 Å². The van der Waals surface area contributed by atoms with Crippen LogP contribution >= 0.6 is 0 Å². The minimum atomic E-state index is 0.476. The van der Waals surface area contributed by atoms with Crippen LogP contribution in [0, 0.1) is 0 Å². The molecule has 4 aromatic rings. The van der Waals surface area contributed by atoms with Gasteiger partial charge in [-0.1, -0.05) is 121 Å². The molecule has 4 aromatic carbocycles. The van der Waals surface area contributed by atoms with Crippen LogP contribution in [0.25, 0.3) is 0 Å². The molecule has 0 amide bonds. The third-order valence-electron chi connectivity index (χ3n) is 8.38. The van der Waals surface area contributed by atoms with E-state index in [9.17, 15) is 0 Å². The van der Waals surface area contributed by atoms with Gasteiger partial charge in [-0.25, -0.2) is 0 Å². The molecule has 0 unspecified atom stereocenters. The zero-order chi connectivity index (χ0) is 24.2. The Balaban J connectivity index is 1.30. The molecule has 2 saturated heterocycles. The molecule has 0 bridgehead atoms. The highest BCUT2D eigenvalue weighted by Crippen LogP contribution is 2.46. The largest absolute Gasteiger partial charge is 0.288 e. The Morgan fingerprint density at radius 3 is 0.806 bits per heavy atom. The lowest BCUT2D eigenvalue weighted by atomic mass is 10.0. The average Bonchev–Trinajstić information content (AvgIpc) is 3.58. The van der Waals surface area contributed by atoms with Gasteiger partial charge in [0.25, 0.3) is 0 Å². The predicted molar refractivity (Wildman–Crippen MR) is 149 cm³/mol. The molecule has 0 saturated carbocycles. The van der Waals surface area contributed by atoms with Gasteiger partial charge in [0.15, 0.2) is 0 Å². The highest BCUT2D eigenvalue weighted by atomic mass is 15.3. The molecule has 4 atom stereocenters. The Morgan fingerprint density at radius 2 is 0.583 bits per heavy atom. The van der Waals surface area contributed by atoms with Crippen LogP contribution in [0.2, 0.25) is 0 Å². The third-order valence-corrected chi connectivity index (χ3v) is 8.38. The minimum Gasteiger partial charge on any atom is -0.288 e. The molecule has 0 aliphatic carbocycles. The van der Waals surface area contributed by atoms with E-state index in [1.807, 2.05) is 0 Å². The van der Waals surface area contributed by atoms with Gasteiger partial charge < -0.3 is 0 Å². The molecular weight excluding hydrogens is 436 g/mol. The molecule has 0 spiro atoms. The molecule has 2 aliphatic rings. The highest BCUT2D eigenvalue weighted by Gasteiger charge is 2.38. The smallest absolute Gasteiger partial charge is 0.0355 e. The molecule has 2 aliphatic heterocycles. The molecule has 2 fully saturated rings. The van der Waals surface area contributed by atoms with Gasteiger partial charge in [0.2, 0.25) is 0 Å². The monoisotopic (exact) mass is 472 g/mol. The third kappa shape index (κ3) is 4.76. The van der Waals surface area contributed by atoms with Crippen LogP contribution in [0.3, 0.4) is 0 Å². The van der Waals surface area contributed by atoms with Gasteiger partial charge in [-0.3, -0.25) is 9.80 Å². The van der Waals surface area contributed by atoms with Crippen LogP contribution in [0.15, 0.2) is 121 Å². The standard InChI is InChI=1S/C34H36N2/c1-5-13-27(14-6-1)31-21-22-32(28-15-7-2-8-16-28)35(31)25-26-36-33(29-17-9-3-10-18-29)23-24-34(36)30-19-11-4-12-20-30/h1-20,31-34H,21-26H2/t31-,32-,33-,34-/m1/s1. The summed E-state index contributed by atoms with van der Waals surface area (Å²) in [4.78, 5) is 5.60. The summed E-state index contributed by atoms with van der Waals surface area (Å²) in [6.45, 7) is 2.15. The second kappa shape index (κ2) is 10.8. The van der Waals surface area contributed by atoms with E-state index in [1.165, 1.54) is 47.9 Å². The zero-order valence-electron chi connectivity index (χ0n) is 21.0. The molecular formula is C34H36N2. The Bertz CT molecular complexity index is 1020. The first-order chi connectivity index (χ1) is 17.9. The first-order valence-electron chi connectivity index (χ1n) is 13.6. The summed E-state index contributed by atoms with van der Waals surface area (Å²) in [5, 5.41) is 0. The second-order valence-corrected chi connectivity index (χ2v) is 10.3. The summed E-state index contributed by atoms with van der Waals surface area (Å²) >= 11 is 0. The van der Waals surface area contributed by atoms with Gasteiger partial charge in [0.05, 0.1) is 0 Å². The number of benzene rings is 4. The maximum atomic E-state index is 2.80. The van der Waals surface area contributed by atoms with E-state index >= 15 is 0 Å². The van der Waals surface area contributed by atoms with Crippen molar-refractivity contribution < 1.29 is 0 Å². The Labute approximate surface area is 216 Å². The highest BCUT2D eigenvalue weighted by molar-refractivity contribution is 5.27. The predicted octanol–water partition coefficient (Wildman–Crippen LogP) is 8.14. The van der Waals surface area contributed by atoms with Crippen LogP contribution in [-0.4, -0.2) is 22.9 Å². The van der Waals surface area contributed by atoms with Crippen LogP contribution < -0.4 is 0 Å². The van der Waals surface area contributed by atoms with Crippen molar-refractivity contribution in [1.82, 2.24) is 9.80 Å². The minimum absolute atomic E-state index is 0.476. The summed E-state index contributed by atoms with van der Waals surface area (Å²) in [5.74, 6) is 0. The van der Waals surface area contributed by atoms with Crippen molar-refractivity contribution in [2.75, 3.05) is 13.1 Å². The summed E-state index contributed by atoms with van der Waals surface area (Å²) < 4.78 is 0. The fourth-order valence-electron chi connectivity index (χ4n) is 6.72. The lowest BCUT2D eigenvalue weighted by Crippen LogP contribution is -2.37. The quantitative estimate of drug-likeness (QED) is 0.268. The Kier molecular flexibility index (Phi) is 6.98. The average molecular weight is 473 g/mol. The number of rotatable bonds is 7. The fraction of sp³-hybridized carbons (Fsp3) is 0.294. The SMILES string of the molecule is c1ccc([C@H]2CC[C@H](c3ccccc3)N2CCN2[C@@H](c3ccccc3)CC[C@@H]2c2ccccc2)cc1. The van der Waals surface area contributed by atoms with Crippen molar-refractivity contribution in [3.05, 3.63) is 144 Å². The van der Waals surface area contributed by atoms with E-state index in [0.717, 1.165) is 13.1 Å². The van der Waals surface area contributed by atoms with E-state index in [2.05, 4.69) is 131 Å². The van der Waals surface area contributed by atoms with Crippen LogP contribution in [0.4, 0.5) is 0 Å². The molecule has 36 heavy (non-hydrogen) atoms. The van der Waals surface area contributed by atoms with E-state index in [-0.39, 0.29) is 0 Å². The molecule has 6 rings (SSSR count). The van der Waals surface area contributed by atoms with Crippen molar-refractivity contribution in [3.63, 3.8) is 0 Å². The van der Waals surface area contributed by atoms with Crippen LogP contribution in [0.5, 0.6) is 0 Å². The molecule has 0 radical (unpaired) electrons. The van der Waals surface area contributed by atoms with E-state index in [4.69, 9.17) is 0 Å². The topological polar surface area (TPSA) is 6.48 Å². The van der Waals surface area contributed by atoms with Crippen molar-refractivity contribution in [2.45, 2.75) is 49.9 Å². The lowest BCUT2D eigenvalue weighted by Gasteiger charge is -2.36. The van der Waals surface area contributed by atoms with Crippen molar-refractivity contribution >= 4 is 0 Å². The van der Waals surface area contributed by atoms with Crippen LogP contribution in [-0.2, 0) is 0 Å². The summed E-state index contributed by atoms with van der Waals surface area (Å²) in [6, 6.07) is 46.6. The zero-order valence-corrected chi connectivity index (χ0v) is 21.0. The Hall–Kier alpha value is -3.20. The van der Waals surface area contributed by atoms with Gasteiger partial charge in [0.1, 0.15) is 0 Å². The lowest BCUT2D eigenvalue weighted by molar-refractivity contribution is 0.127. The van der Waals surface area contributed by atoms with Gasteiger partial charge in [0, 0.05) is 37.3 Å². The Morgan fingerprint density at radius 1 is 0.361 bits per heavy atom. The van der Waals surface area contributed by atoms with Crippen LogP contribution in [0.1, 0.15) is 72.1 Å². The van der Waals surface area contributed by atoms with Crippen molar-refractivity contribution in [3.8, 4) is 0 Å². The van der Waals surface area contributed by atoms with Gasteiger partial charge >= 0.3 is 0 Å². The summed E-state index contributed by atoms with van der Waals surface area (Å²) in [5.41, 5.74) is 5.82. The van der Waals surface area contributed by atoms with Crippen molar-refractivity contribution in [1.29, 1.82) is 0 Å². The first kappa shape index (κ1) is 23.2. The molecule has 2 nitrogen and oxygen atoms in total. The number of hydrogen-bond donors (Lipinski definition) is 0. The molecule has 182 valence electrons. The van der Waals surface area contributed by atoms with E-state index < -0.39 is 0 Å². The molecule has 0 aromatic heterocycles. The van der Waals surface area contributed by atoms with E-state index in [0.29, 0.717) is 24.2 Å². The molecule has 0 N–H and O–H groups in total. The number of hydrogen-bond acceptors (Lipinski definition) is 2. The van der Waals surface area contributed by atoms with Gasteiger partial charge in [-0.15, -0.1) is 0 Å². The van der Waals surface area contributed by atoms with Crippen molar-refractivity contribution in [2.24, 2.45) is 0 Å². The normalized spacial score (nSPS) is 24.8. The van der Waals surface area contributed by atoms with Gasteiger partial charge in [-0.05, 0) is 47.9 Å². The molecule has 2 heteroatoms. The number of nitrogens with zero attached hydrogens (tertiary/aromatic N) is 2. The molecule has 2 heterocycles. The summed E-state index contributed by atoms with van der Waals surface area (Å²) in [6.07, 6.45) is 4.86. The van der Waals surface area contributed by atoms with E-state index in [1.54, 1.807) is 0 Å². The maximum absolute atomic E-state index is 2.80. The summed E-state index contributed by atoms with van der Waals surface area (Å²) in [7, 11) is 0. The first-order valence-corrected chi connectivity index (χ1v) is 13.6. The number of likely N-dealkylation sites (tertiary alicyclic amines) is 2. The maximum Gasteiger partial charge on any atom is 0.0355 e. The fourth-order valence-corrected chi connectivity index (χ4v) is 6.72.